The van der Waals surface area contributed by atoms with Crippen molar-refractivity contribution in [2.45, 2.75) is 12.8 Å². The number of fused-ring (bicyclic) bond motifs is 2. The van der Waals surface area contributed by atoms with Gasteiger partial charge in [0, 0.05) is 12.1 Å². The molecular formula is C15H13N3O2. The van der Waals surface area contributed by atoms with Gasteiger partial charge in [0.15, 0.2) is 0 Å². The van der Waals surface area contributed by atoms with Gasteiger partial charge in [0.25, 0.3) is 0 Å². The fourth-order valence-corrected chi connectivity index (χ4v) is 3.22. The molecule has 0 bridgehead atoms. The lowest BCUT2D eigenvalue weighted by Gasteiger charge is -2.20. The van der Waals surface area contributed by atoms with Crippen molar-refractivity contribution in [3.05, 3.63) is 47.8 Å². The van der Waals surface area contributed by atoms with Crippen molar-refractivity contribution >= 4 is 17.5 Å². The number of aromatic nitrogens is 2. The number of carbonyl (C=O) groups excluding carboxylic acids is 2. The Morgan fingerprint density at radius 1 is 1.05 bits per heavy atom. The number of para-hydroxylation sites is 1. The first-order chi connectivity index (χ1) is 9.75. The van der Waals surface area contributed by atoms with Gasteiger partial charge in [0.2, 0.25) is 11.8 Å². The Kier molecular flexibility index (Phi) is 2.30. The summed E-state index contributed by atoms with van der Waals surface area (Å²) in [5, 5.41) is 6.93. The number of nitrogens with one attached hydrogen (secondary N) is 1. The van der Waals surface area contributed by atoms with Crippen LogP contribution in [0.1, 0.15) is 11.3 Å². The van der Waals surface area contributed by atoms with Crippen LogP contribution in [0.2, 0.25) is 0 Å². The van der Waals surface area contributed by atoms with Crippen LogP contribution in [0.4, 0.5) is 5.69 Å². The summed E-state index contributed by atoms with van der Waals surface area (Å²) < 4.78 is 0. The molecule has 0 unspecified atom stereocenters. The van der Waals surface area contributed by atoms with E-state index in [4.69, 9.17) is 0 Å². The molecule has 0 saturated carbocycles. The maximum Gasteiger partial charge on any atom is 0.238 e. The van der Waals surface area contributed by atoms with Crippen LogP contribution in [0.3, 0.4) is 0 Å². The molecule has 1 saturated heterocycles. The molecular weight excluding hydrogens is 254 g/mol. The molecule has 2 atom stereocenters. The van der Waals surface area contributed by atoms with Crippen molar-refractivity contribution in [3.8, 4) is 0 Å². The average molecular weight is 267 g/mol. The van der Waals surface area contributed by atoms with Crippen molar-refractivity contribution < 1.29 is 9.59 Å². The Balaban J connectivity index is 1.73. The molecule has 2 amide bonds. The van der Waals surface area contributed by atoms with E-state index in [9.17, 15) is 9.59 Å². The van der Waals surface area contributed by atoms with E-state index >= 15 is 0 Å². The molecule has 2 aromatic rings. The standard InChI is InChI=1S/C15H13N3O2/c19-14-11-6-9-8-16-17-13(9)7-12(11)15(20)18(14)10-4-2-1-3-5-10/h1-5,8,11-12H,6-7H2,(H,16,17)/t11-,12+/m0/s1. The minimum absolute atomic E-state index is 0.0851. The Bertz CT molecular complexity index is 654. The summed E-state index contributed by atoms with van der Waals surface area (Å²) in [5.41, 5.74) is 2.71. The van der Waals surface area contributed by atoms with Gasteiger partial charge < -0.3 is 0 Å². The zero-order valence-electron chi connectivity index (χ0n) is 10.7. The van der Waals surface area contributed by atoms with Crippen molar-refractivity contribution in [2.24, 2.45) is 11.8 Å². The summed E-state index contributed by atoms with van der Waals surface area (Å²) in [6.07, 6.45) is 2.94. The number of hydrogen-bond donors (Lipinski definition) is 1. The second kappa shape index (κ2) is 4.03. The molecule has 5 nitrogen and oxygen atoms in total. The summed E-state index contributed by atoms with van der Waals surface area (Å²) in [7, 11) is 0. The second-order valence-electron chi connectivity index (χ2n) is 5.34. The molecule has 2 heterocycles. The maximum absolute atomic E-state index is 12.6. The van der Waals surface area contributed by atoms with Crippen molar-refractivity contribution in [1.29, 1.82) is 0 Å². The number of aromatic amines is 1. The lowest BCUT2D eigenvalue weighted by Crippen LogP contribution is -2.31. The molecule has 1 aliphatic carbocycles. The van der Waals surface area contributed by atoms with Gasteiger partial charge in [-0.1, -0.05) is 18.2 Å². The highest BCUT2D eigenvalue weighted by Crippen LogP contribution is 2.38. The van der Waals surface area contributed by atoms with Crippen LogP contribution in [0.15, 0.2) is 36.5 Å². The average Bonchev–Trinajstić information content (AvgIpc) is 3.02. The highest BCUT2D eigenvalue weighted by molar-refractivity contribution is 6.22. The molecule has 1 aromatic heterocycles. The fourth-order valence-electron chi connectivity index (χ4n) is 3.22. The van der Waals surface area contributed by atoms with E-state index < -0.39 is 0 Å². The van der Waals surface area contributed by atoms with E-state index in [0.29, 0.717) is 18.5 Å². The van der Waals surface area contributed by atoms with Crippen molar-refractivity contribution in [2.75, 3.05) is 4.90 Å². The largest absolute Gasteiger partial charge is 0.282 e. The predicted octanol–water partition coefficient (Wildman–Crippen LogP) is 1.31. The van der Waals surface area contributed by atoms with Gasteiger partial charge in [-0.05, 0) is 24.1 Å². The van der Waals surface area contributed by atoms with Crippen molar-refractivity contribution in [3.63, 3.8) is 0 Å². The Morgan fingerprint density at radius 2 is 1.75 bits per heavy atom. The van der Waals surface area contributed by atoms with Gasteiger partial charge in [-0.25, -0.2) is 0 Å². The van der Waals surface area contributed by atoms with E-state index in [2.05, 4.69) is 10.2 Å². The number of benzene rings is 1. The normalized spacial score (nSPS) is 24.7. The van der Waals surface area contributed by atoms with E-state index in [1.807, 2.05) is 18.2 Å². The monoisotopic (exact) mass is 267 g/mol. The second-order valence-corrected chi connectivity index (χ2v) is 5.34. The number of rotatable bonds is 1. The zero-order chi connectivity index (χ0) is 13.7. The first-order valence-electron chi connectivity index (χ1n) is 6.69. The lowest BCUT2D eigenvalue weighted by atomic mass is 9.80. The summed E-state index contributed by atoms with van der Waals surface area (Å²) in [4.78, 5) is 26.5. The quantitative estimate of drug-likeness (QED) is 0.792. The third-order valence-corrected chi connectivity index (χ3v) is 4.25. The Morgan fingerprint density at radius 3 is 2.50 bits per heavy atom. The summed E-state index contributed by atoms with van der Waals surface area (Å²) >= 11 is 0. The molecule has 1 N–H and O–H groups in total. The van der Waals surface area contributed by atoms with Crippen LogP contribution < -0.4 is 4.90 Å². The van der Waals surface area contributed by atoms with E-state index in [1.165, 1.54) is 4.90 Å². The fraction of sp³-hybridized carbons (Fsp3) is 0.267. The molecule has 1 fully saturated rings. The minimum atomic E-state index is -0.254. The third kappa shape index (κ3) is 1.46. The highest BCUT2D eigenvalue weighted by atomic mass is 16.2. The number of carbonyl (C=O) groups is 2. The van der Waals surface area contributed by atoms with E-state index in [1.54, 1.807) is 18.3 Å². The van der Waals surface area contributed by atoms with Crippen LogP contribution in [0, 0.1) is 11.8 Å². The van der Waals surface area contributed by atoms with Crippen LogP contribution >= 0.6 is 0 Å². The van der Waals surface area contributed by atoms with Crippen LogP contribution in [0.25, 0.3) is 0 Å². The van der Waals surface area contributed by atoms with Gasteiger partial charge in [0.05, 0.1) is 23.7 Å². The van der Waals surface area contributed by atoms with Crippen molar-refractivity contribution in [1.82, 2.24) is 10.2 Å². The topological polar surface area (TPSA) is 66.1 Å². The molecule has 0 spiro atoms. The minimum Gasteiger partial charge on any atom is -0.282 e. The molecule has 100 valence electrons. The van der Waals surface area contributed by atoms with Gasteiger partial charge >= 0.3 is 0 Å². The summed E-state index contributed by atoms with van der Waals surface area (Å²) in [6, 6.07) is 9.15. The first kappa shape index (κ1) is 11.4. The molecule has 4 rings (SSSR count). The number of anilines is 1. The predicted molar refractivity (Wildman–Crippen MR) is 71.9 cm³/mol. The number of nitrogens with zero attached hydrogens (tertiary/aromatic N) is 2. The SMILES string of the molecule is O=C1[C@H]2Cc3cn[nH]c3C[C@H]2C(=O)N1c1ccccc1. The molecule has 1 aromatic carbocycles. The van der Waals surface area contributed by atoms with Gasteiger partial charge in [-0.15, -0.1) is 0 Å². The molecule has 2 aliphatic rings. The number of amides is 2. The Hall–Kier alpha value is -2.43. The number of imide groups is 1. The number of hydrogen-bond acceptors (Lipinski definition) is 3. The van der Waals surface area contributed by atoms with E-state index in [-0.39, 0.29) is 23.7 Å². The molecule has 1 aliphatic heterocycles. The van der Waals surface area contributed by atoms with Gasteiger partial charge in [-0.3, -0.25) is 19.6 Å². The van der Waals surface area contributed by atoms with E-state index in [0.717, 1.165) is 11.3 Å². The third-order valence-electron chi connectivity index (χ3n) is 4.25. The number of H-pyrrole nitrogens is 1. The first-order valence-corrected chi connectivity index (χ1v) is 6.69. The van der Waals surface area contributed by atoms with Gasteiger partial charge in [0.1, 0.15) is 0 Å². The molecule has 0 radical (unpaired) electrons. The zero-order valence-corrected chi connectivity index (χ0v) is 10.7. The molecule has 20 heavy (non-hydrogen) atoms. The Labute approximate surface area is 115 Å². The summed E-state index contributed by atoms with van der Waals surface area (Å²) in [5.74, 6) is -0.673. The van der Waals surface area contributed by atoms with Crippen LogP contribution in [0.5, 0.6) is 0 Å². The van der Waals surface area contributed by atoms with Crippen LogP contribution in [-0.4, -0.2) is 22.0 Å². The molecule has 5 heteroatoms. The highest BCUT2D eigenvalue weighted by Gasteiger charge is 2.50. The lowest BCUT2D eigenvalue weighted by molar-refractivity contribution is -0.122. The summed E-state index contributed by atoms with van der Waals surface area (Å²) in [6.45, 7) is 0. The maximum atomic E-state index is 12.6. The van der Waals surface area contributed by atoms with Gasteiger partial charge in [-0.2, -0.15) is 5.10 Å². The smallest absolute Gasteiger partial charge is 0.238 e. The van der Waals surface area contributed by atoms with Crippen LogP contribution in [-0.2, 0) is 22.4 Å².